The molecule has 21 heavy (non-hydrogen) atoms. The van der Waals surface area contributed by atoms with E-state index in [1.807, 2.05) is 43.0 Å². The summed E-state index contributed by atoms with van der Waals surface area (Å²) in [6.45, 7) is 4.81. The van der Waals surface area contributed by atoms with E-state index in [1.165, 1.54) is 0 Å². The Morgan fingerprint density at radius 3 is 2.76 bits per heavy atom. The lowest BCUT2D eigenvalue weighted by Crippen LogP contribution is -2.41. The van der Waals surface area contributed by atoms with Gasteiger partial charge in [0.05, 0.1) is 18.1 Å². The Bertz CT molecular complexity index is 613. The Morgan fingerprint density at radius 1 is 1.43 bits per heavy atom. The monoisotopic (exact) mass is 310 g/mol. The van der Waals surface area contributed by atoms with Crippen LogP contribution in [0.15, 0.2) is 24.3 Å². The third kappa shape index (κ3) is 4.54. The summed E-state index contributed by atoms with van der Waals surface area (Å²) in [4.78, 5) is 14.0. The molecule has 0 aliphatic carbocycles. The quantitative estimate of drug-likeness (QED) is 0.894. The van der Waals surface area contributed by atoms with Crippen molar-refractivity contribution in [2.24, 2.45) is 0 Å². The Balaban J connectivity index is 1.94. The number of carbonyl (C=O) groups is 1. The lowest BCUT2D eigenvalue weighted by Gasteiger charge is -2.25. The Labute approximate surface area is 126 Å². The number of benzene rings is 1. The molecule has 1 saturated heterocycles. The van der Waals surface area contributed by atoms with Gasteiger partial charge in [0.25, 0.3) is 0 Å². The molecule has 1 aliphatic heterocycles. The first-order valence-electron chi connectivity index (χ1n) is 7.20. The van der Waals surface area contributed by atoms with E-state index in [9.17, 15) is 13.2 Å². The smallest absolute Gasteiger partial charge is 0.238 e. The van der Waals surface area contributed by atoms with Crippen LogP contribution < -0.4 is 5.32 Å². The molecule has 1 N–H and O–H groups in total. The molecule has 1 fully saturated rings. The molecule has 1 amide bonds. The minimum Gasteiger partial charge on any atom is -0.325 e. The molecule has 116 valence electrons. The maximum absolute atomic E-state index is 12.1. The molecule has 1 atom stereocenters. The summed E-state index contributed by atoms with van der Waals surface area (Å²) in [5.74, 6) is 0.290. The number of sulfone groups is 1. The van der Waals surface area contributed by atoms with Gasteiger partial charge in [-0.2, -0.15) is 0 Å². The molecular formula is C15H22N2O3S. The molecule has 0 spiro atoms. The van der Waals surface area contributed by atoms with Crippen LogP contribution >= 0.6 is 0 Å². The molecule has 0 bridgehead atoms. The summed E-state index contributed by atoms with van der Waals surface area (Å²) in [7, 11) is -2.92. The summed E-state index contributed by atoms with van der Waals surface area (Å²) in [5.41, 5.74) is 1.86. The van der Waals surface area contributed by atoms with Crippen molar-refractivity contribution in [1.82, 2.24) is 4.90 Å². The van der Waals surface area contributed by atoms with Crippen molar-refractivity contribution in [3.8, 4) is 0 Å². The van der Waals surface area contributed by atoms with Crippen molar-refractivity contribution in [3.05, 3.63) is 29.8 Å². The summed E-state index contributed by atoms with van der Waals surface area (Å²) >= 11 is 0. The number of amides is 1. The van der Waals surface area contributed by atoms with Crippen LogP contribution in [0.4, 0.5) is 5.69 Å². The van der Waals surface area contributed by atoms with Crippen molar-refractivity contribution in [3.63, 3.8) is 0 Å². The van der Waals surface area contributed by atoms with Gasteiger partial charge in [0.15, 0.2) is 9.84 Å². The van der Waals surface area contributed by atoms with E-state index < -0.39 is 9.84 Å². The van der Waals surface area contributed by atoms with Crippen LogP contribution in [0.25, 0.3) is 0 Å². The second-order valence-electron chi connectivity index (χ2n) is 5.54. The SMILES string of the molecule is CCN(CC(=O)Nc1cccc(C)c1)C1CCS(=O)(=O)C1. The summed E-state index contributed by atoms with van der Waals surface area (Å²) in [6.07, 6.45) is 0.619. The van der Waals surface area contributed by atoms with Crippen LogP contribution in [0.5, 0.6) is 0 Å². The predicted octanol–water partition coefficient (Wildman–Crippen LogP) is 1.44. The number of rotatable bonds is 5. The third-order valence-electron chi connectivity index (χ3n) is 3.78. The second kappa shape index (κ2) is 6.58. The van der Waals surface area contributed by atoms with Gasteiger partial charge in [-0.05, 0) is 37.6 Å². The van der Waals surface area contributed by atoms with Crippen LogP contribution in [0.3, 0.4) is 0 Å². The fraction of sp³-hybridized carbons (Fsp3) is 0.533. The Hall–Kier alpha value is -1.40. The van der Waals surface area contributed by atoms with E-state index in [2.05, 4.69) is 5.32 Å². The first-order chi connectivity index (χ1) is 9.89. The van der Waals surface area contributed by atoms with Crippen molar-refractivity contribution in [1.29, 1.82) is 0 Å². The van der Waals surface area contributed by atoms with Gasteiger partial charge in [0.2, 0.25) is 5.91 Å². The molecule has 1 aliphatic rings. The van der Waals surface area contributed by atoms with Crippen molar-refractivity contribution >= 4 is 21.4 Å². The normalized spacial score (nSPS) is 20.6. The molecule has 1 heterocycles. The van der Waals surface area contributed by atoms with Crippen molar-refractivity contribution in [2.45, 2.75) is 26.3 Å². The molecule has 6 heteroatoms. The van der Waals surface area contributed by atoms with Crippen molar-refractivity contribution in [2.75, 3.05) is 29.9 Å². The lowest BCUT2D eigenvalue weighted by atomic mass is 10.2. The average Bonchev–Trinajstić information content (AvgIpc) is 2.76. The summed E-state index contributed by atoms with van der Waals surface area (Å²) in [5, 5.41) is 2.86. The highest BCUT2D eigenvalue weighted by molar-refractivity contribution is 7.91. The minimum atomic E-state index is -2.92. The molecule has 1 aromatic carbocycles. The topological polar surface area (TPSA) is 66.5 Å². The van der Waals surface area contributed by atoms with Crippen LogP contribution in [0.2, 0.25) is 0 Å². The zero-order valence-corrected chi connectivity index (χ0v) is 13.3. The Morgan fingerprint density at radius 2 is 2.19 bits per heavy atom. The largest absolute Gasteiger partial charge is 0.325 e. The number of nitrogens with zero attached hydrogens (tertiary/aromatic N) is 1. The zero-order valence-electron chi connectivity index (χ0n) is 12.5. The van der Waals surface area contributed by atoms with Crippen LogP contribution in [-0.2, 0) is 14.6 Å². The first kappa shape index (κ1) is 16.0. The van der Waals surface area contributed by atoms with Gasteiger partial charge in [-0.1, -0.05) is 19.1 Å². The summed E-state index contributed by atoms with van der Waals surface area (Å²) in [6, 6.07) is 7.59. The van der Waals surface area contributed by atoms with Gasteiger partial charge in [-0.15, -0.1) is 0 Å². The van der Waals surface area contributed by atoms with Gasteiger partial charge >= 0.3 is 0 Å². The molecule has 0 radical (unpaired) electrons. The lowest BCUT2D eigenvalue weighted by molar-refractivity contribution is -0.117. The molecule has 0 aromatic heterocycles. The number of anilines is 1. The highest BCUT2D eigenvalue weighted by Crippen LogP contribution is 2.17. The highest BCUT2D eigenvalue weighted by Gasteiger charge is 2.32. The fourth-order valence-electron chi connectivity index (χ4n) is 2.67. The number of hydrogen-bond donors (Lipinski definition) is 1. The average molecular weight is 310 g/mol. The first-order valence-corrected chi connectivity index (χ1v) is 9.03. The predicted molar refractivity (Wildman–Crippen MR) is 84.1 cm³/mol. The van der Waals surface area contributed by atoms with E-state index in [1.54, 1.807) is 0 Å². The van der Waals surface area contributed by atoms with E-state index in [0.29, 0.717) is 13.0 Å². The van der Waals surface area contributed by atoms with E-state index in [0.717, 1.165) is 11.3 Å². The molecule has 2 rings (SSSR count). The van der Waals surface area contributed by atoms with Crippen LogP contribution in [0, 0.1) is 6.92 Å². The summed E-state index contributed by atoms with van der Waals surface area (Å²) < 4.78 is 23.1. The van der Waals surface area contributed by atoms with E-state index in [4.69, 9.17) is 0 Å². The van der Waals surface area contributed by atoms with Gasteiger partial charge in [0.1, 0.15) is 0 Å². The second-order valence-corrected chi connectivity index (χ2v) is 7.77. The third-order valence-corrected chi connectivity index (χ3v) is 5.53. The highest BCUT2D eigenvalue weighted by atomic mass is 32.2. The molecule has 5 nitrogen and oxygen atoms in total. The van der Waals surface area contributed by atoms with Crippen LogP contribution in [-0.4, -0.2) is 49.9 Å². The molecule has 0 saturated carbocycles. The number of likely N-dealkylation sites (N-methyl/N-ethyl adjacent to an activating group) is 1. The fourth-order valence-corrected chi connectivity index (χ4v) is 4.43. The maximum atomic E-state index is 12.1. The minimum absolute atomic E-state index is 0.0386. The van der Waals surface area contributed by atoms with Gasteiger partial charge in [0, 0.05) is 11.7 Å². The standard InChI is InChI=1S/C15H22N2O3S/c1-3-17(14-7-8-21(19,20)11-14)10-15(18)16-13-6-4-5-12(2)9-13/h4-6,9,14H,3,7-8,10-11H2,1-2H3,(H,16,18). The van der Waals surface area contributed by atoms with E-state index >= 15 is 0 Å². The number of nitrogens with one attached hydrogen (secondary N) is 1. The van der Waals surface area contributed by atoms with Gasteiger partial charge < -0.3 is 5.32 Å². The molecule has 1 unspecified atom stereocenters. The number of hydrogen-bond acceptors (Lipinski definition) is 4. The molecular weight excluding hydrogens is 288 g/mol. The van der Waals surface area contributed by atoms with Crippen molar-refractivity contribution < 1.29 is 13.2 Å². The number of aryl methyl sites for hydroxylation is 1. The zero-order chi connectivity index (χ0) is 15.5. The van der Waals surface area contributed by atoms with Gasteiger partial charge in [-0.3, -0.25) is 9.69 Å². The molecule has 1 aromatic rings. The maximum Gasteiger partial charge on any atom is 0.238 e. The van der Waals surface area contributed by atoms with Gasteiger partial charge in [-0.25, -0.2) is 8.42 Å². The Kier molecular flexibility index (Phi) is 5.00. The van der Waals surface area contributed by atoms with Crippen LogP contribution in [0.1, 0.15) is 18.9 Å². The number of carbonyl (C=O) groups excluding carboxylic acids is 1. The van der Waals surface area contributed by atoms with E-state index in [-0.39, 0.29) is 30.0 Å².